The van der Waals surface area contributed by atoms with Crippen LogP contribution in [0.2, 0.25) is 0 Å². The van der Waals surface area contributed by atoms with E-state index in [-0.39, 0.29) is 0 Å². The highest BCUT2D eigenvalue weighted by Gasteiger charge is 2.22. The Kier molecular flexibility index (Phi) is 3.59. The van der Waals surface area contributed by atoms with Gasteiger partial charge in [-0.25, -0.2) is 9.97 Å². The standard InChI is InChI=1S/C15H23N3/c1-2-13-12-8-9-16-10-14(12)18-15(17-13)11-6-4-3-5-7-11/h11,16H,2-10H2,1H3. The summed E-state index contributed by atoms with van der Waals surface area (Å²) >= 11 is 0. The maximum atomic E-state index is 4.89. The fraction of sp³-hybridized carbons (Fsp3) is 0.733. The first-order valence-electron chi connectivity index (χ1n) is 7.47. The highest BCUT2D eigenvalue weighted by atomic mass is 15.0. The molecule has 1 saturated carbocycles. The van der Waals surface area contributed by atoms with Crippen molar-refractivity contribution in [3.05, 3.63) is 22.8 Å². The first kappa shape index (κ1) is 12.1. The maximum Gasteiger partial charge on any atom is 0.132 e. The summed E-state index contributed by atoms with van der Waals surface area (Å²) in [5, 5.41) is 3.43. The quantitative estimate of drug-likeness (QED) is 0.870. The molecule has 18 heavy (non-hydrogen) atoms. The molecule has 1 N–H and O–H groups in total. The van der Waals surface area contributed by atoms with Crippen molar-refractivity contribution >= 4 is 0 Å². The van der Waals surface area contributed by atoms with Crippen molar-refractivity contribution in [1.29, 1.82) is 0 Å². The number of hydrogen-bond acceptors (Lipinski definition) is 3. The fourth-order valence-electron chi connectivity index (χ4n) is 3.29. The van der Waals surface area contributed by atoms with E-state index >= 15 is 0 Å². The molecule has 1 aromatic heterocycles. The SMILES string of the molecule is CCc1nc(C2CCCCC2)nc2c1CCNC2. The highest BCUT2D eigenvalue weighted by Crippen LogP contribution is 2.31. The number of aryl methyl sites for hydroxylation is 1. The Hall–Kier alpha value is -0.960. The Morgan fingerprint density at radius 3 is 2.78 bits per heavy atom. The summed E-state index contributed by atoms with van der Waals surface area (Å²) in [6.07, 6.45) is 8.82. The summed E-state index contributed by atoms with van der Waals surface area (Å²) in [5.41, 5.74) is 4.01. The summed E-state index contributed by atoms with van der Waals surface area (Å²) in [6, 6.07) is 0. The van der Waals surface area contributed by atoms with Crippen LogP contribution in [0.5, 0.6) is 0 Å². The fourth-order valence-corrected chi connectivity index (χ4v) is 3.29. The lowest BCUT2D eigenvalue weighted by atomic mass is 9.88. The van der Waals surface area contributed by atoms with Crippen molar-refractivity contribution in [2.75, 3.05) is 6.54 Å². The molecule has 1 aromatic rings. The summed E-state index contributed by atoms with van der Waals surface area (Å²) in [5.74, 6) is 1.75. The van der Waals surface area contributed by atoms with Gasteiger partial charge in [0.15, 0.2) is 0 Å². The average Bonchev–Trinajstić information content (AvgIpc) is 2.47. The Bertz CT molecular complexity index is 405. The van der Waals surface area contributed by atoms with Crippen molar-refractivity contribution < 1.29 is 0 Å². The van der Waals surface area contributed by atoms with Crippen LogP contribution in [0.4, 0.5) is 0 Å². The molecule has 98 valence electrons. The van der Waals surface area contributed by atoms with E-state index in [0.29, 0.717) is 5.92 Å². The third-order valence-electron chi connectivity index (χ3n) is 4.35. The first-order valence-corrected chi connectivity index (χ1v) is 7.47. The van der Waals surface area contributed by atoms with Crippen LogP contribution in [0.25, 0.3) is 0 Å². The third-order valence-corrected chi connectivity index (χ3v) is 4.35. The zero-order chi connectivity index (χ0) is 12.4. The van der Waals surface area contributed by atoms with Gasteiger partial charge in [0.05, 0.1) is 5.69 Å². The number of hydrogen-bond donors (Lipinski definition) is 1. The van der Waals surface area contributed by atoms with Gasteiger partial charge >= 0.3 is 0 Å². The molecule has 3 nitrogen and oxygen atoms in total. The summed E-state index contributed by atoms with van der Waals surface area (Å²) in [6.45, 7) is 4.23. The molecule has 1 aliphatic carbocycles. The minimum atomic E-state index is 0.622. The summed E-state index contributed by atoms with van der Waals surface area (Å²) < 4.78 is 0. The Morgan fingerprint density at radius 1 is 1.17 bits per heavy atom. The molecule has 3 rings (SSSR count). The molecule has 1 fully saturated rings. The Morgan fingerprint density at radius 2 is 2.00 bits per heavy atom. The van der Waals surface area contributed by atoms with Gasteiger partial charge in [0.25, 0.3) is 0 Å². The topological polar surface area (TPSA) is 37.8 Å². The van der Waals surface area contributed by atoms with E-state index in [4.69, 9.17) is 9.97 Å². The van der Waals surface area contributed by atoms with E-state index < -0.39 is 0 Å². The zero-order valence-electron chi connectivity index (χ0n) is 11.3. The van der Waals surface area contributed by atoms with Gasteiger partial charge in [-0.15, -0.1) is 0 Å². The van der Waals surface area contributed by atoms with Gasteiger partial charge in [0.2, 0.25) is 0 Å². The third kappa shape index (κ3) is 2.28. The molecule has 0 spiro atoms. The van der Waals surface area contributed by atoms with Gasteiger partial charge in [-0.1, -0.05) is 26.2 Å². The van der Waals surface area contributed by atoms with Crippen LogP contribution in [-0.2, 0) is 19.4 Å². The molecule has 0 bridgehead atoms. The van der Waals surface area contributed by atoms with Crippen molar-refractivity contribution in [3.8, 4) is 0 Å². The van der Waals surface area contributed by atoms with Gasteiger partial charge in [-0.2, -0.15) is 0 Å². The molecule has 2 heterocycles. The Balaban J connectivity index is 1.94. The second-order valence-electron chi connectivity index (χ2n) is 5.57. The van der Waals surface area contributed by atoms with Crippen molar-refractivity contribution in [2.24, 2.45) is 0 Å². The van der Waals surface area contributed by atoms with Gasteiger partial charge in [-0.3, -0.25) is 0 Å². The lowest BCUT2D eigenvalue weighted by molar-refractivity contribution is 0.424. The molecular formula is C15H23N3. The van der Waals surface area contributed by atoms with Gasteiger partial charge < -0.3 is 5.32 Å². The van der Waals surface area contributed by atoms with Crippen LogP contribution < -0.4 is 5.32 Å². The van der Waals surface area contributed by atoms with Gasteiger partial charge in [-0.05, 0) is 37.8 Å². The van der Waals surface area contributed by atoms with Gasteiger partial charge in [0, 0.05) is 18.2 Å². The molecule has 3 heteroatoms. The minimum absolute atomic E-state index is 0.622. The highest BCUT2D eigenvalue weighted by molar-refractivity contribution is 5.29. The molecule has 0 unspecified atom stereocenters. The average molecular weight is 245 g/mol. The van der Waals surface area contributed by atoms with Crippen LogP contribution in [0.1, 0.15) is 67.7 Å². The van der Waals surface area contributed by atoms with E-state index in [1.54, 1.807) is 0 Å². The molecule has 0 amide bonds. The minimum Gasteiger partial charge on any atom is -0.311 e. The van der Waals surface area contributed by atoms with Crippen molar-refractivity contribution in [1.82, 2.24) is 15.3 Å². The smallest absolute Gasteiger partial charge is 0.132 e. The predicted octanol–water partition coefficient (Wildman–Crippen LogP) is 2.73. The normalized spacial score (nSPS) is 20.7. The van der Waals surface area contributed by atoms with E-state index in [0.717, 1.165) is 31.8 Å². The molecule has 0 aromatic carbocycles. The number of nitrogens with one attached hydrogen (secondary N) is 1. The maximum absolute atomic E-state index is 4.89. The number of nitrogens with zero attached hydrogens (tertiary/aromatic N) is 2. The molecule has 0 saturated heterocycles. The lowest BCUT2D eigenvalue weighted by Gasteiger charge is -2.24. The van der Waals surface area contributed by atoms with Crippen LogP contribution in [-0.4, -0.2) is 16.5 Å². The number of aromatic nitrogens is 2. The van der Waals surface area contributed by atoms with Crippen LogP contribution >= 0.6 is 0 Å². The molecule has 1 aliphatic heterocycles. The number of rotatable bonds is 2. The van der Waals surface area contributed by atoms with Crippen LogP contribution in [0.15, 0.2) is 0 Å². The van der Waals surface area contributed by atoms with Gasteiger partial charge in [0.1, 0.15) is 5.82 Å². The molecular weight excluding hydrogens is 222 g/mol. The van der Waals surface area contributed by atoms with Crippen molar-refractivity contribution in [2.45, 2.75) is 64.3 Å². The second-order valence-corrected chi connectivity index (χ2v) is 5.57. The first-order chi connectivity index (χ1) is 8.88. The monoisotopic (exact) mass is 245 g/mol. The predicted molar refractivity (Wildman–Crippen MR) is 72.6 cm³/mol. The molecule has 2 aliphatic rings. The van der Waals surface area contributed by atoms with E-state index in [9.17, 15) is 0 Å². The lowest BCUT2D eigenvalue weighted by Crippen LogP contribution is -2.27. The molecule has 0 radical (unpaired) electrons. The van der Waals surface area contributed by atoms with E-state index in [1.165, 1.54) is 49.1 Å². The van der Waals surface area contributed by atoms with E-state index in [1.807, 2.05) is 0 Å². The molecule has 0 atom stereocenters. The Labute approximate surface area is 109 Å². The van der Waals surface area contributed by atoms with Crippen LogP contribution in [0.3, 0.4) is 0 Å². The van der Waals surface area contributed by atoms with Crippen LogP contribution in [0, 0.1) is 0 Å². The second kappa shape index (κ2) is 5.35. The van der Waals surface area contributed by atoms with Crippen molar-refractivity contribution in [3.63, 3.8) is 0 Å². The largest absolute Gasteiger partial charge is 0.311 e. The zero-order valence-corrected chi connectivity index (χ0v) is 11.3. The van der Waals surface area contributed by atoms with E-state index in [2.05, 4.69) is 12.2 Å². The summed E-state index contributed by atoms with van der Waals surface area (Å²) in [4.78, 5) is 9.76. The number of fused-ring (bicyclic) bond motifs is 1. The summed E-state index contributed by atoms with van der Waals surface area (Å²) in [7, 11) is 0.